The molecule has 0 saturated carbocycles. The Labute approximate surface area is 107 Å². The summed E-state index contributed by atoms with van der Waals surface area (Å²) >= 11 is 0. The van der Waals surface area contributed by atoms with Crippen LogP contribution in [0.3, 0.4) is 0 Å². The summed E-state index contributed by atoms with van der Waals surface area (Å²) in [5, 5.41) is 9.74. The number of carbonyl (C=O) groups is 4. The van der Waals surface area contributed by atoms with Crippen LogP contribution in [0.1, 0.15) is 17.7 Å². The highest BCUT2D eigenvalue weighted by Crippen LogP contribution is 2.24. The maximum atomic E-state index is 11.9. The number of nitrogens with zero attached hydrogens (tertiary/aromatic N) is 1. The number of aryl methyl sites for hydroxylation is 1. The van der Waals surface area contributed by atoms with Crippen molar-refractivity contribution in [1.29, 1.82) is 0 Å². The number of aromatic nitrogens is 1. The summed E-state index contributed by atoms with van der Waals surface area (Å²) in [4.78, 5) is 49.9. The third kappa shape index (κ3) is 2.20. The van der Waals surface area contributed by atoms with Gasteiger partial charge in [0.25, 0.3) is 11.6 Å². The Balaban J connectivity index is 2.64. The molecule has 0 aromatic carbocycles. The minimum atomic E-state index is -1.37. The van der Waals surface area contributed by atoms with Gasteiger partial charge in [0.2, 0.25) is 5.78 Å². The monoisotopic (exact) mass is 259 g/mol. The van der Waals surface area contributed by atoms with Crippen LogP contribution in [0, 0.1) is 6.92 Å². The lowest BCUT2D eigenvalue weighted by atomic mass is 9.99. The molecule has 1 heterocycles. The maximum absolute atomic E-state index is 11.9. The minimum absolute atomic E-state index is 0.255. The number of hydrogen-bond donors (Lipinski definition) is 1. The van der Waals surface area contributed by atoms with Gasteiger partial charge in [0, 0.05) is 11.9 Å². The molecule has 19 heavy (non-hydrogen) atoms. The Morgan fingerprint density at radius 3 is 2.42 bits per heavy atom. The zero-order chi connectivity index (χ0) is 14.2. The molecular weight excluding hydrogens is 250 g/mol. The van der Waals surface area contributed by atoms with Crippen LogP contribution in [0.5, 0.6) is 0 Å². The van der Waals surface area contributed by atoms with Gasteiger partial charge >= 0.3 is 0 Å². The molecule has 1 aromatic heterocycles. The van der Waals surface area contributed by atoms with Crippen molar-refractivity contribution >= 4 is 28.7 Å². The fraction of sp³-hybridized carbons (Fsp3) is 0.154. The molecule has 0 spiro atoms. The van der Waals surface area contributed by atoms with Gasteiger partial charge in [-0.05, 0) is 24.6 Å². The van der Waals surface area contributed by atoms with Crippen LogP contribution in [0.2, 0.25) is 0 Å². The molecule has 96 valence electrons. The number of aliphatic hydroxyl groups excluding tert-OH is 1. The Kier molecular flexibility index (Phi) is 3.08. The largest absolute Gasteiger partial charge is 0.504 e. The van der Waals surface area contributed by atoms with E-state index < -0.39 is 35.3 Å². The van der Waals surface area contributed by atoms with Crippen molar-refractivity contribution in [3.63, 3.8) is 0 Å². The number of allylic oxidation sites excluding steroid dienone is 2. The fourth-order valence-corrected chi connectivity index (χ4v) is 1.79. The topological polar surface area (TPSA) is 101 Å². The average Bonchev–Trinajstić information content (AvgIpc) is 2.42. The van der Waals surface area contributed by atoms with Crippen molar-refractivity contribution in [1.82, 2.24) is 4.98 Å². The lowest BCUT2D eigenvalue weighted by Crippen LogP contribution is -2.23. The SMILES string of the molecule is Cc1cc(C2=C(O)C(=O)C(=O)C(=O)CC2=O)ccn1. The molecule has 0 radical (unpaired) electrons. The molecule has 0 aliphatic heterocycles. The van der Waals surface area contributed by atoms with E-state index >= 15 is 0 Å². The van der Waals surface area contributed by atoms with Crippen LogP contribution in [0.4, 0.5) is 0 Å². The number of Topliss-reactive ketones (excluding diaryl/α,β-unsaturated/α-hetero) is 4. The smallest absolute Gasteiger partial charge is 0.272 e. The minimum Gasteiger partial charge on any atom is -0.504 e. The van der Waals surface area contributed by atoms with Gasteiger partial charge in [-0.2, -0.15) is 0 Å². The molecule has 6 nitrogen and oxygen atoms in total. The second-order valence-corrected chi connectivity index (χ2v) is 4.09. The van der Waals surface area contributed by atoms with E-state index in [0.29, 0.717) is 5.69 Å². The molecule has 1 N–H and O–H groups in total. The molecule has 0 amide bonds. The number of pyridine rings is 1. The van der Waals surface area contributed by atoms with E-state index in [2.05, 4.69) is 4.98 Å². The number of carbonyl (C=O) groups excluding carboxylic acids is 4. The molecule has 2 rings (SSSR count). The summed E-state index contributed by atoms with van der Waals surface area (Å²) in [5.41, 5.74) is 0.514. The van der Waals surface area contributed by atoms with Crippen LogP contribution < -0.4 is 0 Å². The third-order valence-corrected chi connectivity index (χ3v) is 2.70. The van der Waals surface area contributed by atoms with E-state index in [0.717, 1.165) is 0 Å². The maximum Gasteiger partial charge on any atom is 0.272 e. The second-order valence-electron chi connectivity index (χ2n) is 4.09. The third-order valence-electron chi connectivity index (χ3n) is 2.70. The van der Waals surface area contributed by atoms with E-state index in [-0.39, 0.29) is 11.1 Å². The van der Waals surface area contributed by atoms with E-state index in [1.165, 1.54) is 18.3 Å². The van der Waals surface area contributed by atoms with E-state index in [1.807, 2.05) is 0 Å². The first-order valence-corrected chi connectivity index (χ1v) is 5.43. The quantitative estimate of drug-likeness (QED) is 0.576. The van der Waals surface area contributed by atoms with Gasteiger partial charge < -0.3 is 5.11 Å². The van der Waals surface area contributed by atoms with Gasteiger partial charge in [-0.15, -0.1) is 0 Å². The first kappa shape index (κ1) is 12.8. The number of ketones is 4. The molecule has 1 aromatic rings. The summed E-state index contributed by atoms with van der Waals surface area (Å²) in [6.07, 6.45) is 0.683. The highest BCUT2D eigenvalue weighted by Gasteiger charge is 2.36. The van der Waals surface area contributed by atoms with Gasteiger partial charge in [-0.25, -0.2) is 0 Å². The summed E-state index contributed by atoms with van der Waals surface area (Å²) in [5.74, 6) is -5.56. The lowest BCUT2D eigenvalue weighted by molar-refractivity contribution is -0.143. The molecule has 0 fully saturated rings. The van der Waals surface area contributed by atoms with E-state index in [4.69, 9.17) is 0 Å². The molecule has 6 heteroatoms. The molecule has 0 atom stereocenters. The first-order chi connectivity index (χ1) is 8.91. The summed E-state index contributed by atoms with van der Waals surface area (Å²) in [7, 11) is 0. The summed E-state index contributed by atoms with van der Waals surface area (Å²) < 4.78 is 0. The number of aliphatic hydroxyl groups is 1. The van der Waals surface area contributed by atoms with Gasteiger partial charge in [-0.1, -0.05) is 0 Å². The average molecular weight is 259 g/mol. The van der Waals surface area contributed by atoms with E-state index in [9.17, 15) is 24.3 Å². The van der Waals surface area contributed by atoms with Crippen LogP contribution >= 0.6 is 0 Å². The zero-order valence-electron chi connectivity index (χ0n) is 9.97. The molecule has 1 aliphatic rings. The Bertz CT molecular complexity index is 657. The normalized spacial score (nSPS) is 16.9. The Hall–Kier alpha value is -2.63. The predicted octanol–water partition coefficient (Wildman–Crippen LogP) is 0.339. The van der Waals surface area contributed by atoms with Crippen molar-refractivity contribution in [2.45, 2.75) is 13.3 Å². The van der Waals surface area contributed by atoms with Crippen molar-refractivity contribution in [2.24, 2.45) is 0 Å². The van der Waals surface area contributed by atoms with Crippen LogP contribution in [0.25, 0.3) is 5.57 Å². The molecule has 0 unspecified atom stereocenters. The number of rotatable bonds is 1. The van der Waals surface area contributed by atoms with Crippen LogP contribution in [0.15, 0.2) is 24.1 Å². The molecule has 0 bridgehead atoms. The van der Waals surface area contributed by atoms with Gasteiger partial charge in [0.05, 0.1) is 12.0 Å². The van der Waals surface area contributed by atoms with Gasteiger partial charge in [0.15, 0.2) is 11.5 Å². The van der Waals surface area contributed by atoms with Crippen molar-refractivity contribution < 1.29 is 24.3 Å². The molecule has 1 aliphatic carbocycles. The highest BCUT2D eigenvalue weighted by molar-refractivity contribution is 6.70. The Morgan fingerprint density at radius 1 is 1.11 bits per heavy atom. The van der Waals surface area contributed by atoms with Crippen LogP contribution in [-0.2, 0) is 19.2 Å². The fourth-order valence-electron chi connectivity index (χ4n) is 1.79. The highest BCUT2D eigenvalue weighted by atomic mass is 16.3. The lowest BCUT2D eigenvalue weighted by Gasteiger charge is -2.06. The first-order valence-electron chi connectivity index (χ1n) is 5.43. The van der Waals surface area contributed by atoms with Crippen molar-refractivity contribution in [3.8, 4) is 0 Å². The van der Waals surface area contributed by atoms with Crippen molar-refractivity contribution in [2.75, 3.05) is 0 Å². The summed E-state index contributed by atoms with van der Waals surface area (Å²) in [6, 6.07) is 2.90. The second kappa shape index (κ2) is 4.56. The van der Waals surface area contributed by atoms with E-state index in [1.54, 1.807) is 6.92 Å². The van der Waals surface area contributed by atoms with Gasteiger partial charge in [-0.3, -0.25) is 24.2 Å². The standard InChI is InChI=1S/C13H9NO5/c1-6-4-7(2-3-14-6)10-8(15)5-9(16)11(17)13(19)12(10)18/h2-4,18H,5H2,1H3. The van der Waals surface area contributed by atoms with Crippen molar-refractivity contribution in [3.05, 3.63) is 35.3 Å². The predicted molar refractivity (Wildman–Crippen MR) is 63.2 cm³/mol. The van der Waals surface area contributed by atoms with Gasteiger partial charge in [0.1, 0.15) is 0 Å². The zero-order valence-corrected chi connectivity index (χ0v) is 9.97. The number of hydrogen-bond acceptors (Lipinski definition) is 6. The Morgan fingerprint density at radius 2 is 1.79 bits per heavy atom. The van der Waals surface area contributed by atoms with Crippen LogP contribution in [-0.4, -0.2) is 33.2 Å². The molecule has 0 saturated heterocycles. The molecular formula is C13H9NO5. The summed E-state index contributed by atoms with van der Waals surface area (Å²) in [6.45, 7) is 1.67.